The second-order valence-corrected chi connectivity index (χ2v) is 4.63. The maximum absolute atomic E-state index is 11.6. The van der Waals surface area contributed by atoms with Crippen molar-refractivity contribution in [1.29, 1.82) is 0 Å². The van der Waals surface area contributed by atoms with Crippen molar-refractivity contribution in [3.8, 4) is 0 Å². The highest BCUT2D eigenvalue weighted by Crippen LogP contribution is 2.19. The molecule has 1 unspecified atom stereocenters. The van der Waals surface area contributed by atoms with E-state index in [9.17, 15) is 4.79 Å². The Labute approximate surface area is 95.2 Å². The molecule has 80 valence electrons. The van der Waals surface area contributed by atoms with Crippen LogP contribution < -0.4 is 0 Å². The van der Waals surface area contributed by atoms with Crippen molar-refractivity contribution in [2.75, 3.05) is 6.54 Å². The molecule has 1 aliphatic heterocycles. The molecule has 0 aromatic rings. The molecule has 0 N–H and O–H groups in total. The molecule has 0 aromatic carbocycles. The highest BCUT2D eigenvalue weighted by molar-refractivity contribution is 8.00. The van der Waals surface area contributed by atoms with Crippen LogP contribution >= 0.6 is 12.2 Å². The number of rotatable bonds is 2. The first-order chi connectivity index (χ1) is 6.52. The molecule has 0 aliphatic carbocycles. The van der Waals surface area contributed by atoms with Gasteiger partial charge in [-0.25, -0.2) is 4.79 Å². The maximum atomic E-state index is 11.6. The number of hydrogen-bond donors (Lipinski definition) is 0. The summed E-state index contributed by atoms with van der Waals surface area (Å²) in [6.45, 7) is 4.45. The van der Waals surface area contributed by atoms with Gasteiger partial charge in [0.1, 0.15) is 6.04 Å². The Balaban J connectivity index is 2.58. The van der Waals surface area contributed by atoms with Gasteiger partial charge in [0.2, 0.25) is 0 Å². The quantitative estimate of drug-likeness (QED) is 0.406. The summed E-state index contributed by atoms with van der Waals surface area (Å²) in [5.41, 5.74) is 0. The number of likely N-dealkylation sites (tertiary alicyclic amines) is 1. The van der Waals surface area contributed by atoms with Crippen LogP contribution in [-0.4, -0.2) is 33.9 Å². The molecule has 14 heavy (non-hydrogen) atoms. The zero-order chi connectivity index (χ0) is 10.7. The first-order valence-corrected chi connectivity index (χ1v) is 5.52. The van der Waals surface area contributed by atoms with Crippen LogP contribution in [0.5, 0.6) is 0 Å². The monoisotopic (exact) mass is 232 g/mol. The van der Waals surface area contributed by atoms with Crippen LogP contribution in [-0.2, 0) is 22.2 Å². The first kappa shape index (κ1) is 11.7. The number of carbonyl (C=O) groups is 1. The van der Waals surface area contributed by atoms with Crippen LogP contribution in [0.15, 0.2) is 0 Å². The third-order valence-electron chi connectivity index (χ3n) is 2.11. The zero-order valence-corrected chi connectivity index (χ0v) is 9.99. The zero-order valence-electron chi connectivity index (χ0n) is 8.36. The van der Waals surface area contributed by atoms with Crippen LogP contribution in [0.3, 0.4) is 0 Å². The molecule has 0 saturated carbocycles. The number of carbonyl (C=O) groups excluding carboxylic acids is 1. The normalized spacial score (nSPS) is 21.4. The van der Waals surface area contributed by atoms with Gasteiger partial charge in [-0.15, -0.1) is 0 Å². The summed E-state index contributed by atoms with van der Waals surface area (Å²) >= 11 is 9.80. The fourth-order valence-corrected chi connectivity index (χ4v) is 1.98. The van der Waals surface area contributed by atoms with Gasteiger partial charge in [0.25, 0.3) is 0 Å². The molecule has 1 atom stereocenters. The van der Waals surface area contributed by atoms with Gasteiger partial charge in [-0.3, -0.25) is 0 Å². The molecule has 0 spiro atoms. The largest absolute Gasteiger partial charge is 0.461 e. The van der Waals surface area contributed by atoms with Crippen LogP contribution in [0, 0.1) is 0 Å². The van der Waals surface area contributed by atoms with Crippen molar-refractivity contribution in [1.82, 2.24) is 4.90 Å². The van der Waals surface area contributed by atoms with Crippen molar-refractivity contribution >= 4 is 35.1 Å². The van der Waals surface area contributed by atoms with Crippen LogP contribution in [0.4, 0.5) is 0 Å². The summed E-state index contributed by atoms with van der Waals surface area (Å²) in [7, 11) is 0. The van der Waals surface area contributed by atoms with E-state index in [1.807, 2.05) is 13.8 Å². The predicted molar refractivity (Wildman–Crippen MR) is 60.9 cm³/mol. The van der Waals surface area contributed by atoms with Crippen molar-refractivity contribution in [2.24, 2.45) is 0 Å². The maximum Gasteiger partial charge on any atom is 0.328 e. The van der Waals surface area contributed by atoms with E-state index >= 15 is 0 Å². The Kier molecular flexibility index (Phi) is 4.07. The van der Waals surface area contributed by atoms with Gasteiger partial charge in [0.05, 0.1) is 6.10 Å². The highest BCUT2D eigenvalue weighted by atomic mass is 32.1. The Bertz CT molecular complexity index is 243. The SMILES string of the molecule is CC(C)OC(=O)C1CCCN1C(=S)[S-]. The topological polar surface area (TPSA) is 29.5 Å². The molecule has 0 bridgehead atoms. The summed E-state index contributed by atoms with van der Waals surface area (Å²) in [4.78, 5) is 13.4. The molecule has 1 fully saturated rings. The van der Waals surface area contributed by atoms with Gasteiger partial charge in [-0.1, -0.05) is 4.32 Å². The molecule has 1 saturated heterocycles. The summed E-state index contributed by atoms with van der Waals surface area (Å²) in [6.07, 6.45) is 1.67. The lowest BCUT2D eigenvalue weighted by Crippen LogP contribution is -2.40. The van der Waals surface area contributed by atoms with Crippen LogP contribution in [0.2, 0.25) is 0 Å². The molecule has 1 rings (SSSR count). The Hall–Kier alpha value is -0.420. The standard InChI is InChI=1S/C9H15NO2S2/c1-6(2)12-8(11)7-4-3-5-10(7)9(13)14/h6-7H,3-5H2,1-2H3,(H,13,14)/p-1. The third kappa shape index (κ3) is 2.78. The van der Waals surface area contributed by atoms with Crippen molar-refractivity contribution in [2.45, 2.75) is 38.8 Å². The van der Waals surface area contributed by atoms with Crippen molar-refractivity contribution in [3.63, 3.8) is 0 Å². The molecule has 1 aliphatic rings. The second-order valence-electron chi connectivity index (χ2n) is 3.60. The summed E-state index contributed by atoms with van der Waals surface area (Å²) < 4.78 is 5.50. The summed E-state index contributed by atoms with van der Waals surface area (Å²) in [6, 6.07) is -0.248. The lowest BCUT2D eigenvalue weighted by atomic mass is 10.2. The Morgan fingerprint density at radius 1 is 1.64 bits per heavy atom. The Morgan fingerprint density at radius 2 is 2.29 bits per heavy atom. The van der Waals surface area contributed by atoms with E-state index < -0.39 is 0 Å². The molecular weight excluding hydrogens is 218 g/mol. The van der Waals surface area contributed by atoms with Gasteiger partial charge in [-0.05, 0) is 26.7 Å². The van der Waals surface area contributed by atoms with E-state index in [2.05, 4.69) is 0 Å². The lowest BCUT2D eigenvalue weighted by molar-refractivity contribution is -0.151. The summed E-state index contributed by atoms with van der Waals surface area (Å²) in [5, 5.41) is 0. The fraction of sp³-hybridized carbons (Fsp3) is 0.778. The Morgan fingerprint density at radius 3 is 2.79 bits per heavy atom. The minimum absolute atomic E-state index is 0.0800. The molecule has 5 heteroatoms. The number of esters is 1. The van der Waals surface area contributed by atoms with Crippen molar-refractivity contribution < 1.29 is 9.53 Å². The minimum Gasteiger partial charge on any atom is -0.461 e. The van der Waals surface area contributed by atoms with E-state index in [1.54, 1.807) is 4.90 Å². The van der Waals surface area contributed by atoms with Crippen LogP contribution in [0.1, 0.15) is 26.7 Å². The molecule has 0 amide bonds. The van der Waals surface area contributed by atoms with E-state index in [4.69, 9.17) is 29.6 Å². The van der Waals surface area contributed by atoms with Gasteiger partial charge >= 0.3 is 5.97 Å². The van der Waals surface area contributed by atoms with Crippen molar-refractivity contribution in [3.05, 3.63) is 0 Å². The molecule has 1 heterocycles. The second kappa shape index (κ2) is 4.89. The van der Waals surface area contributed by atoms with Gasteiger partial charge in [0.15, 0.2) is 0 Å². The average molecular weight is 232 g/mol. The molecular formula is C9H14NO2S2-. The van der Waals surface area contributed by atoms with E-state index in [1.165, 1.54) is 0 Å². The van der Waals surface area contributed by atoms with Gasteiger partial charge in [0, 0.05) is 6.54 Å². The predicted octanol–water partition coefficient (Wildman–Crippen LogP) is 1.23. The fourth-order valence-electron chi connectivity index (χ4n) is 1.54. The highest BCUT2D eigenvalue weighted by Gasteiger charge is 2.30. The van der Waals surface area contributed by atoms with E-state index in [-0.39, 0.29) is 18.1 Å². The molecule has 0 aromatic heterocycles. The van der Waals surface area contributed by atoms with Gasteiger partial charge in [-0.2, -0.15) is 0 Å². The first-order valence-electron chi connectivity index (χ1n) is 4.70. The average Bonchev–Trinajstić information content (AvgIpc) is 2.49. The number of hydrogen-bond acceptors (Lipinski definition) is 4. The summed E-state index contributed by atoms with van der Waals surface area (Å²) in [5.74, 6) is -0.204. The smallest absolute Gasteiger partial charge is 0.328 e. The van der Waals surface area contributed by atoms with E-state index in [0.29, 0.717) is 4.32 Å². The molecule has 0 radical (unpaired) electrons. The molecule has 3 nitrogen and oxygen atoms in total. The van der Waals surface area contributed by atoms with Crippen LogP contribution in [0.25, 0.3) is 0 Å². The minimum atomic E-state index is -0.248. The number of nitrogens with zero attached hydrogens (tertiary/aromatic N) is 1. The third-order valence-corrected chi connectivity index (χ3v) is 2.58. The number of ether oxygens (including phenoxy) is 1. The lowest BCUT2D eigenvalue weighted by Gasteiger charge is -2.28. The van der Waals surface area contributed by atoms with Gasteiger partial charge < -0.3 is 34.5 Å². The number of thiocarbonyl (C=S) groups is 1. The van der Waals surface area contributed by atoms with E-state index in [0.717, 1.165) is 19.4 Å².